The number of carbonyl (C=O) groups excluding carboxylic acids is 1. The molecule has 7 nitrogen and oxygen atoms in total. The van der Waals surface area contributed by atoms with E-state index in [1.165, 1.54) is 18.7 Å². The highest BCUT2D eigenvalue weighted by molar-refractivity contribution is 5.78. The predicted molar refractivity (Wildman–Crippen MR) is 105 cm³/mol. The molecule has 1 aromatic heterocycles. The fourth-order valence-electron chi connectivity index (χ4n) is 4.39. The van der Waals surface area contributed by atoms with Gasteiger partial charge >= 0.3 is 0 Å². The summed E-state index contributed by atoms with van der Waals surface area (Å²) in [6.07, 6.45) is 8.46. The van der Waals surface area contributed by atoms with Crippen LogP contribution in [0.2, 0.25) is 0 Å². The van der Waals surface area contributed by atoms with Crippen LogP contribution in [-0.4, -0.2) is 77.7 Å². The second-order valence-corrected chi connectivity index (χ2v) is 7.75. The molecular formula is C20H35N5O2. The lowest BCUT2D eigenvalue weighted by atomic mass is 9.93. The molecule has 0 aliphatic carbocycles. The standard InChI is InChI=1S/C20H35N5O2/c1-3-24-13-8-21-19(24)16-23-11-6-18(7-12-23)25-10-4-5-17(15-25)20(26)22-9-14-27-2/h8,13,17-18H,3-7,9-12,14-16H2,1-2H3,(H,22,26)/t17-/m0/s1. The molecule has 2 fully saturated rings. The molecule has 1 aromatic rings. The summed E-state index contributed by atoms with van der Waals surface area (Å²) in [5.74, 6) is 1.49. The summed E-state index contributed by atoms with van der Waals surface area (Å²) in [6.45, 7) is 9.54. The van der Waals surface area contributed by atoms with E-state index >= 15 is 0 Å². The molecule has 7 heteroatoms. The molecule has 2 aliphatic heterocycles. The lowest BCUT2D eigenvalue weighted by Crippen LogP contribution is -2.50. The zero-order valence-electron chi connectivity index (χ0n) is 16.9. The van der Waals surface area contributed by atoms with Crippen molar-refractivity contribution >= 4 is 5.91 Å². The highest BCUT2D eigenvalue weighted by atomic mass is 16.5. The second kappa shape index (κ2) is 10.2. The summed E-state index contributed by atoms with van der Waals surface area (Å²) >= 11 is 0. The Morgan fingerprint density at radius 3 is 2.85 bits per heavy atom. The zero-order valence-corrected chi connectivity index (χ0v) is 16.9. The average molecular weight is 378 g/mol. The quantitative estimate of drug-likeness (QED) is 0.693. The Morgan fingerprint density at radius 2 is 2.11 bits per heavy atom. The van der Waals surface area contributed by atoms with Gasteiger partial charge in [0.1, 0.15) is 5.82 Å². The molecule has 0 radical (unpaired) electrons. The number of piperidine rings is 2. The van der Waals surface area contributed by atoms with Crippen molar-refractivity contribution in [3.8, 4) is 0 Å². The fraction of sp³-hybridized carbons (Fsp3) is 0.800. The minimum absolute atomic E-state index is 0.130. The van der Waals surface area contributed by atoms with Gasteiger partial charge in [-0.25, -0.2) is 4.98 Å². The first-order valence-electron chi connectivity index (χ1n) is 10.4. The number of ether oxygens (including phenoxy) is 1. The monoisotopic (exact) mass is 377 g/mol. The fourth-order valence-corrected chi connectivity index (χ4v) is 4.39. The molecule has 1 atom stereocenters. The summed E-state index contributed by atoms with van der Waals surface area (Å²) < 4.78 is 7.25. The van der Waals surface area contributed by atoms with Crippen molar-refractivity contribution in [1.29, 1.82) is 0 Å². The van der Waals surface area contributed by atoms with Gasteiger partial charge in [0.15, 0.2) is 0 Å². The van der Waals surface area contributed by atoms with Crippen molar-refractivity contribution in [3.63, 3.8) is 0 Å². The van der Waals surface area contributed by atoms with Gasteiger partial charge in [-0.1, -0.05) is 0 Å². The Hall–Kier alpha value is -1.44. The maximum absolute atomic E-state index is 12.4. The summed E-state index contributed by atoms with van der Waals surface area (Å²) in [5.41, 5.74) is 0. The smallest absolute Gasteiger partial charge is 0.224 e. The summed E-state index contributed by atoms with van der Waals surface area (Å²) in [4.78, 5) is 22.0. The van der Waals surface area contributed by atoms with Gasteiger partial charge in [-0.05, 0) is 39.2 Å². The first-order chi connectivity index (χ1) is 13.2. The Balaban J connectivity index is 1.44. The number of nitrogens with zero attached hydrogens (tertiary/aromatic N) is 4. The summed E-state index contributed by atoms with van der Waals surface area (Å²) in [6, 6.07) is 0.613. The predicted octanol–water partition coefficient (Wildman–Crippen LogP) is 1.34. The van der Waals surface area contributed by atoms with Crippen molar-refractivity contribution in [2.24, 2.45) is 5.92 Å². The number of aromatic nitrogens is 2. The molecule has 27 heavy (non-hydrogen) atoms. The summed E-state index contributed by atoms with van der Waals surface area (Å²) in [7, 11) is 1.66. The third kappa shape index (κ3) is 5.53. The average Bonchev–Trinajstić information content (AvgIpc) is 3.16. The van der Waals surface area contributed by atoms with Crippen molar-refractivity contribution in [2.75, 3.05) is 46.4 Å². The first-order valence-corrected chi connectivity index (χ1v) is 10.4. The molecule has 152 valence electrons. The number of methoxy groups -OCH3 is 1. The van der Waals surface area contributed by atoms with Crippen LogP contribution in [0.1, 0.15) is 38.4 Å². The number of imidazole rings is 1. The van der Waals surface area contributed by atoms with Crippen molar-refractivity contribution in [2.45, 2.75) is 51.7 Å². The van der Waals surface area contributed by atoms with Crippen LogP contribution in [0.4, 0.5) is 0 Å². The van der Waals surface area contributed by atoms with Crippen LogP contribution in [0.25, 0.3) is 0 Å². The van der Waals surface area contributed by atoms with Crippen LogP contribution < -0.4 is 5.32 Å². The maximum Gasteiger partial charge on any atom is 0.224 e. The highest BCUT2D eigenvalue weighted by Crippen LogP contribution is 2.24. The number of nitrogens with one attached hydrogen (secondary N) is 1. The van der Waals surface area contributed by atoms with Gasteiger partial charge in [0.05, 0.1) is 19.1 Å². The number of carbonyl (C=O) groups is 1. The second-order valence-electron chi connectivity index (χ2n) is 7.75. The van der Waals surface area contributed by atoms with Gasteiger partial charge in [-0.3, -0.25) is 14.6 Å². The third-order valence-electron chi connectivity index (χ3n) is 6.01. The highest BCUT2D eigenvalue weighted by Gasteiger charge is 2.31. The Morgan fingerprint density at radius 1 is 1.30 bits per heavy atom. The Labute approximate surface area is 163 Å². The molecule has 0 unspecified atom stereocenters. The van der Waals surface area contributed by atoms with Crippen LogP contribution in [0.15, 0.2) is 12.4 Å². The molecule has 0 spiro atoms. The van der Waals surface area contributed by atoms with Crippen molar-refractivity contribution in [3.05, 3.63) is 18.2 Å². The molecule has 1 N–H and O–H groups in total. The van der Waals surface area contributed by atoms with E-state index < -0.39 is 0 Å². The number of rotatable bonds is 8. The van der Waals surface area contributed by atoms with E-state index in [1.54, 1.807) is 7.11 Å². The zero-order chi connectivity index (χ0) is 19.1. The Kier molecular flexibility index (Phi) is 7.67. The van der Waals surface area contributed by atoms with Gasteiger partial charge in [-0.2, -0.15) is 0 Å². The molecule has 3 heterocycles. The molecule has 2 saturated heterocycles. The van der Waals surface area contributed by atoms with Crippen molar-refractivity contribution < 1.29 is 9.53 Å². The molecule has 0 saturated carbocycles. The summed E-state index contributed by atoms with van der Waals surface area (Å²) in [5, 5.41) is 3.01. The molecule has 0 bridgehead atoms. The van der Waals surface area contributed by atoms with Gasteiger partial charge in [0.25, 0.3) is 0 Å². The maximum atomic E-state index is 12.4. The number of likely N-dealkylation sites (tertiary alicyclic amines) is 2. The molecule has 2 aliphatic rings. The van der Waals surface area contributed by atoms with E-state index in [0.29, 0.717) is 19.2 Å². The van der Waals surface area contributed by atoms with Crippen LogP contribution >= 0.6 is 0 Å². The third-order valence-corrected chi connectivity index (χ3v) is 6.01. The SMILES string of the molecule is CCn1ccnc1CN1CCC(N2CCC[C@H](C(=O)NCCOC)C2)CC1. The number of amides is 1. The first kappa shape index (κ1) is 20.3. The molecule has 0 aromatic carbocycles. The lowest BCUT2D eigenvalue weighted by Gasteiger charge is -2.42. The van der Waals surface area contributed by atoms with E-state index in [-0.39, 0.29) is 11.8 Å². The van der Waals surface area contributed by atoms with Crippen LogP contribution in [0, 0.1) is 5.92 Å². The molecule has 1 amide bonds. The number of aryl methyl sites for hydroxylation is 1. The van der Waals surface area contributed by atoms with Crippen molar-refractivity contribution in [1.82, 2.24) is 24.7 Å². The van der Waals surface area contributed by atoms with Gasteiger partial charge in [0, 0.05) is 58.3 Å². The minimum atomic E-state index is 0.130. The van der Waals surface area contributed by atoms with Crippen LogP contribution in [0.3, 0.4) is 0 Å². The van der Waals surface area contributed by atoms with Crippen LogP contribution in [-0.2, 0) is 22.6 Å². The molecule has 3 rings (SSSR count). The van der Waals surface area contributed by atoms with Crippen LogP contribution in [0.5, 0.6) is 0 Å². The van der Waals surface area contributed by atoms with E-state index in [2.05, 4.69) is 37.8 Å². The van der Waals surface area contributed by atoms with Gasteiger partial charge in [0.2, 0.25) is 5.91 Å². The minimum Gasteiger partial charge on any atom is -0.383 e. The van der Waals surface area contributed by atoms with Gasteiger partial charge in [-0.15, -0.1) is 0 Å². The largest absolute Gasteiger partial charge is 0.383 e. The normalized spacial score (nSPS) is 22.8. The van der Waals surface area contributed by atoms with E-state index in [0.717, 1.165) is 52.1 Å². The van der Waals surface area contributed by atoms with E-state index in [4.69, 9.17) is 4.74 Å². The lowest BCUT2D eigenvalue weighted by molar-refractivity contribution is -0.127. The van der Waals surface area contributed by atoms with E-state index in [9.17, 15) is 4.79 Å². The topological polar surface area (TPSA) is 62.6 Å². The number of hydrogen-bond acceptors (Lipinski definition) is 5. The Bertz CT molecular complexity index is 583. The number of hydrogen-bond donors (Lipinski definition) is 1. The van der Waals surface area contributed by atoms with Gasteiger partial charge < -0.3 is 14.6 Å². The molecular weight excluding hydrogens is 342 g/mol. The van der Waals surface area contributed by atoms with E-state index in [1.807, 2.05) is 6.20 Å².